The van der Waals surface area contributed by atoms with Gasteiger partial charge in [0.05, 0.1) is 0 Å². The third-order valence-corrected chi connectivity index (χ3v) is 4.74. The van der Waals surface area contributed by atoms with E-state index in [1.54, 1.807) is 0 Å². The Balaban J connectivity index is 2.14. The van der Waals surface area contributed by atoms with E-state index < -0.39 is 0 Å². The first-order chi connectivity index (χ1) is 7.54. The molecule has 1 heterocycles. The number of nitrogens with zero attached hydrogens (tertiary/aromatic N) is 1. The van der Waals surface area contributed by atoms with E-state index in [0.29, 0.717) is 23.3 Å². The number of likely N-dealkylation sites (tertiary alicyclic amines) is 1. The van der Waals surface area contributed by atoms with Gasteiger partial charge in [0.2, 0.25) is 5.91 Å². The van der Waals surface area contributed by atoms with Crippen molar-refractivity contribution in [3.8, 4) is 0 Å². The predicted octanol–water partition coefficient (Wildman–Crippen LogP) is 3.21. The summed E-state index contributed by atoms with van der Waals surface area (Å²) >= 11 is 0. The zero-order valence-electron chi connectivity index (χ0n) is 11.0. The first-order valence-electron chi connectivity index (χ1n) is 6.80. The quantitative estimate of drug-likeness (QED) is 0.668. The third-order valence-electron chi connectivity index (χ3n) is 4.74. The van der Waals surface area contributed by atoms with Crippen LogP contribution < -0.4 is 0 Å². The maximum absolute atomic E-state index is 12.1. The Morgan fingerprint density at radius 1 is 1.25 bits per heavy atom. The van der Waals surface area contributed by atoms with Crippen molar-refractivity contribution in [2.24, 2.45) is 11.3 Å². The van der Waals surface area contributed by atoms with E-state index in [9.17, 15) is 4.79 Å². The molecule has 1 unspecified atom stereocenters. The van der Waals surface area contributed by atoms with Gasteiger partial charge in [-0.2, -0.15) is 0 Å². The lowest BCUT2D eigenvalue weighted by Gasteiger charge is -2.48. The van der Waals surface area contributed by atoms with Crippen LogP contribution in [0.3, 0.4) is 0 Å². The molecule has 2 rings (SSSR count). The molecule has 2 aliphatic rings. The number of carbonyl (C=O) groups excluding carboxylic acids is 1. The Hall–Kier alpha value is -0.530. The highest BCUT2D eigenvalue weighted by Gasteiger charge is 2.43. The molecule has 1 saturated heterocycles. The lowest BCUT2D eigenvalue weighted by Crippen LogP contribution is -2.51. The van der Waals surface area contributed by atoms with E-state index in [1.165, 1.54) is 38.5 Å². The first-order valence-corrected chi connectivity index (χ1v) is 6.80. The van der Waals surface area contributed by atoms with Crippen LogP contribution in [0.2, 0.25) is 0 Å². The second-order valence-electron chi connectivity index (χ2n) is 6.26. The van der Waals surface area contributed by atoms with E-state index >= 15 is 0 Å². The maximum atomic E-state index is 12.1. The predicted molar refractivity (Wildman–Crippen MR) is 66.1 cm³/mol. The van der Waals surface area contributed by atoms with Crippen LogP contribution in [0.15, 0.2) is 0 Å². The molecular weight excluding hydrogens is 198 g/mol. The molecule has 92 valence electrons. The fourth-order valence-corrected chi connectivity index (χ4v) is 3.65. The van der Waals surface area contributed by atoms with Crippen LogP contribution in [0.4, 0.5) is 0 Å². The van der Waals surface area contributed by atoms with Gasteiger partial charge >= 0.3 is 0 Å². The molecule has 2 heteroatoms. The maximum Gasteiger partial charge on any atom is 0.223 e. The van der Waals surface area contributed by atoms with Crippen molar-refractivity contribution < 1.29 is 4.79 Å². The van der Waals surface area contributed by atoms with Gasteiger partial charge in [-0.05, 0) is 30.6 Å². The van der Waals surface area contributed by atoms with Gasteiger partial charge < -0.3 is 4.90 Å². The Morgan fingerprint density at radius 2 is 1.88 bits per heavy atom. The normalized spacial score (nSPS) is 30.1. The molecule has 0 radical (unpaired) electrons. The SMILES string of the molecule is CC(C)C1CC2(CCCCC2)CC(=O)N1C. The van der Waals surface area contributed by atoms with Gasteiger partial charge in [-0.25, -0.2) is 0 Å². The van der Waals surface area contributed by atoms with Crippen molar-refractivity contribution >= 4 is 5.91 Å². The summed E-state index contributed by atoms with van der Waals surface area (Å²) in [5.74, 6) is 0.972. The number of amides is 1. The van der Waals surface area contributed by atoms with E-state index in [0.717, 1.165) is 6.42 Å². The summed E-state index contributed by atoms with van der Waals surface area (Å²) in [6, 6.07) is 0.472. The van der Waals surface area contributed by atoms with Crippen LogP contribution in [-0.4, -0.2) is 23.9 Å². The average molecular weight is 223 g/mol. The summed E-state index contributed by atoms with van der Waals surface area (Å²) in [6.07, 6.45) is 8.67. The molecule has 1 atom stereocenters. The molecule has 16 heavy (non-hydrogen) atoms. The lowest BCUT2D eigenvalue weighted by molar-refractivity contribution is -0.143. The van der Waals surface area contributed by atoms with Gasteiger partial charge in [-0.3, -0.25) is 4.79 Å². The monoisotopic (exact) mass is 223 g/mol. The summed E-state index contributed by atoms with van der Waals surface area (Å²) < 4.78 is 0. The zero-order valence-corrected chi connectivity index (χ0v) is 11.0. The molecule has 0 aromatic rings. The van der Waals surface area contributed by atoms with Crippen molar-refractivity contribution in [1.29, 1.82) is 0 Å². The van der Waals surface area contributed by atoms with Crippen molar-refractivity contribution in [3.05, 3.63) is 0 Å². The molecule has 1 amide bonds. The minimum Gasteiger partial charge on any atom is -0.342 e. The van der Waals surface area contributed by atoms with E-state index in [-0.39, 0.29) is 0 Å². The molecule has 1 aliphatic heterocycles. The molecule has 1 saturated carbocycles. The summed E-state index contributed by atoms with van der Waals surface area (Å²) in [5, 5.41) is 0. The first kappa shape index (κ1) is 11.9. The van der Waals surface area contributed by atoms with Crippen LogP contribution in [0.1, 0.15) is 58.8 Å². The molecular formula is C14H25NO. The van der Waals surface area contributed by atoms with Crippen LogP contribution in [0, 0.1) is 11.3 Å². The van der Waals surface area contributed by atoms with Crippen molar-refractivity contribution in [2.45, 2.75) is 64.8 Å². The summed E-state index contributed by atoms with van der Waals surface area (Å²) in [7, 11) is 1.99. The zero-order chi connectivity index (χ0) is 11.8. The highest BCUT2D eigenvalue weighted by Crippen LogP contribution is 2.47. The van der Waals surface area contributed by atoms with Gasteiger partial charge in [0.15, 0.2) is 0 Å². The Morgan fingerprint density at radius 3 is 2.44 bits per heavy atom. The molecule has 1 spiro atoms. The van der Waals surface area contributed by atoms with Crippen LogP contribution >= 0.6 is 0 Å². The van der Waals surface area contributed by atoms with E-state index in [2.05, 4.69) is 13.8 Å². The second kappa shape index (κ2) is 4.38. The van der Waals surface area contributed by atoms with Crippen molar-refractivity contribution in [2.75, 3.05) is 7.05 Å². The highest BCUT2D eigenvalue weighted by molar-refractivity contribution is 5.78. The average Bonchev–Trinajstić information content (AvgIpc) is 2.24. The molecule has 0 bridgehead atoms. The van der Waals surface area contributed by atoms with E-state index in [4.69, 9.17) is 0 Å². The van der Waals surface area contributed by atoms with Gasteiger partial charge in [-0.1, -0.05) is 33.1 Å². The molecule has 2 nitrogen and oxygen atoms in total. The molecule has 0 aromatic heterocycles. The minimum absolute atomic E-state index is 0.372. The number of hydrogen-bond acceptors (Lipinski definition) is 1. The van der Waals surface area contributed by atoms with Gasteiger partial charge in [0, 0.05) is 19.5 Å². The minimum atomic E-state index is 0.372. The van der Waals surface area contributed by atoms with Crippen LogP contribution in [-0.2, 0) is 4.79 Å². The number of piperidine rings is 1. The lowest BCUT2D eigenvalue weighted by atomic mass is 9.65. The molecule has 0 N–H and O–H groups in total. The molecule has 2 fully saturated rings. The Labute approximate surface area is 99.4 Å². The smallest absolute Gasteiger partial charge is 0.223 e. The number of carbonyl (C=O) groups is 1. The second-order valence-corrected chi connectivity index (χ2v) is 6.26. The molecule has 0 aromatic carbocycles. The number of rotatable bonds is 1. The largest absolute Gasteiger partial charge is 0.342 e. The topological polar surface area (TPSA) is 20.3 Å². The fourth-order valence-electron chi connectivity index (χ4n) is 3.65. The third kappa shape index (κ3) is 2.11. The summed E-state index contributed by atoms with van der Waals surface area (Å²) in [5.41, 5.74) is 0.372. The van der Waals surface area contributed by atoms with Gasteiger partial charge in [0.25, 0.3) is 0 Å². The summed E-state index contributed by atoms with van der Waals surface area (Å²) in [6.45, 7) is 4.49. The van der Waals surface area contributed by atoms with E-state index in [1.807, 2.05) is 11.9 Å². The van der Waals surface area contributed by atoms with Crippen molar-refractivity contribution in [1.82, 2.24) is 4.90 Å². The van der Waals surface area contributed by atoms with Gasteiger partial charge in [-0.15, -0.1) is 0 Å². The standard InChI is InChI=1S/C14H25NO/c1-11(2)12-9-14(7-5-4-6-8-14)10-13(16)15(12)3/h11-12H,4-10H2,1-3H3. The Kier molecular flexibility index (Phi) is 3.27. The Bertz CT molecular complexity index is 266. The van der Waals surface area contributed by atoms with Gasteiger partial charge in [0.1, 0.15) is 0 Å². The van der Waals surface area contributed by atoms with Crippen LogP contribution in [0.25, 0.3) is 0 Å². The fraction of sp³-hybridized carbons (Fsp3) is 0.929. The highest BCUT2D eigenvalue weighted by atomic mass is 16.2. The van der Waals surface area contributed by atoms with Crippen molar-refractivity contribution in [3.63, 3.8) is 0 Å². The summed E-state index contributed by atoms with van der Waals surface area (Å²) in [4.78, 5) is 14.1. The number of hydrogen-bond donors (Lipinski definition) is 0. The van der Waals surface area contributed by atoms with Crippen LogP contribution in [0.5, 0.6) is 0 Å². The molecule has 1 aliphatic carbocycles.